The molecule has 0 radical (unpaired) electrons. The van der Waals surface area contributed by atoms with Crippen molar-refractivity contribution in [2.75, 3.05) is 0 Å². The number of hydrogen-bond acceptors (Lipinski definition) is 4. The van der Waals surface area contributed by atoms with Crippen molar-refractivity contribution in [3.05, 3.63) is 0 Å². The zero-order valence-corrected chi connectivity index (χ0v) is 23.2. The maximum atomic E-state index is 11.5. The van der Waals surface area contributed by atoms with Crippen LogP contribution in [-0.2, 0) is 10.1 Å². The average molecular weight is 457 g/mol. The number of aliphatic hydroxyl groups excluding tert-OH is 1. The van der Waals surface area contributed by atoms with Crippen molar-refractivity contribution in [2.45, 2.75) is 154 Å². The predicted octanol–water partition coefficient (Wildman–Crippen LogP) is 4.11. The first-order valence-electron chi connectivity index (χ1n) is 12.5. The third kappa shape index (κ3) is 22.1. The Labute approximate surface area is 210 Å². The van der Waals surface area contributed by atoms with Crippen LogP contribution in [0.5, 0.6) is 0 Å². The SMILES string of the molecule is CCCCCCCCCC(CCCCCCCCCC(O)CCCC)S(=O)(=O)[O-].[Na+]. The van der Waals surface area contributed by atoms with Gasteiger partial charge < -0.3 is 9.66 Å². The van der Waals surface area contributed by atoms with E-state index in [4.69, 9.17) is 0 Å². The molecule has 0 amide bonds. The quantitative estimate of drug-likeness (QED) is 0.151. The van der Waals surface area contributed by atoms with E-state index >= 15 is 0 Å². The van der Waals surface area contributed by atoms with Crippen LogP contribution in [0.15, 0.2) is 0 Å². The first kappa shape index (κ1) is 33.0. The summed E-state index contributed by atoms with van der Waals surface area (Å²) in [6, 6.07) is 0. The summed E-state index contributed by atoms with van der Waals surface area (Å²) in [6.45, 7) is 4.35. The number of hydrogen-bond donors (Lipinski definition) is 1. The van der Waals surface area contributed by atoms with Gasteiger partial charge in [0.05, 0.1) is 16.2 Å². The molecule has 0 aliphatic heterocycles. The molecule has 0 spiro atoms. The summed E-state index contributed by atoms with van der Waals surface area (Å²) >= 11 is 0. The standard InChI is InChI=1S/C24H50O4S.Na/c1-3-5-7-8-10-14-17-21-24(29(26,27)28)22-18-15-12-9-11-13-16-20-23(25)19-6-4-2;/h23-25H,3-22H2,1-2H3,(H,26,27,28);/q;+1/p-1. The molecule has 0 saturated carbocycles. The summed E-state index contributed by atoms with van der Waals surface area (Å²) in [4.78, 5) is 0. The Kier molecular flexibility index (Phi) is 25.4. The molecule has 0 saturated heterocycles. The second-order valence-corrected chi connectivity index (χ2v) is 10.5. The molecule has 0 rings (SSSR count). The molecule has 4 nitrogen and oxygen atoms in total. The van der Waals surface area contributed by atoms with Gasteiger partial charge in [-0.05, 0) is 25.7 Å². The molecular weight excluding hydrogens is 407 g/mol. The van der Waals surface area contributed by atoms with Crippen molar-refractivity contribution in [2.24, 2.45) is 0 Å². The van der Waals surface area contributed by atoms with Crippen molar-refractivity contribution >= 4 is 10.1 Å². The van der Waals surface area contributed by atoms with E-state index in [9.17, 15) is 18.1 Å². The fourth-order valence-electron chi connectivity index (χ4n) is 3.98. The molecule has 0 fully saturated rings. The molecule has 1 N–H and O–H groups in total. The van der Waals surface area contributed by atoms with E-state index < -0.39 is 15.4 Å². The van der Waals surface area contributed by atoms with E-state index in [0.29, 0.717) is 12.8 Å². The zero-order valence-electron chi connectivity index (χ0n) is 20.4. The van der Waals surface area contributed by atoms with Crippen molar-refractivity contribution < 1.29 is 47.6 Å². The van der Waals surface area contributed by atoms with Crippen molar-refractivity contribution in [1.29, 1.82) is 0 Å². The predicted molar refractivity (Wildman–Crippen MR) is 123 cm³/mol. The van der Waals surface area contributed by atoms with Crippen LogP contribution in [0.25, 0.3) is 0 Å². The van der Waals surface area contributed by atoms with Gasteiger partial charge in [-0.3, -0.25) is 0 Å². The molecule has 2 unspecified atom stereocenters. The molecule has 6 heteroatoms. The summed E-state index contributed by atoms with van der Waals surface area (Å²) in [7, 11) is -4.16. The Balaban J connectivity index is 0. The molecule has 30 heavy (non-hydrogen) atoms. The molecule has 0 heterocycles. The molecule has 0 bridgehead atoms. The van der Waals surface area contributed by atoms with Crippen LogP contribution in [-0.4, -0.2) is 29.4 Å². The summed E-state index contributed by atoms with van der Waals surface area (Å²) < 4.78 is 34.6. The first-order valence-corrected chi connectivity index (χ1v) is 14.0. The van der Waals surface area contributed by atoms with Crippen molar-refractivity contribution in [3.63, 3.8) is 0 Å². The fraction of sp³-hybridized carbons (Fsp3) is 1.00. The van der Waals surface area contributed by atoms with Gasteiger partial charge in [0.15, 0.2) is 0 Å². The normalized spacial score (nSPS) is 13.7. The first-order chi connectivity index (χ1) is 13.9. The summed E-state index contributed by atoms with van der Waals surface area (Å²) in [6.07, 6.45) is 20.7. The fourth-order valence-corrected chi connectivity index (χ4v) is 4.89. The summed E-state index contributed by atoms with van der Waals surface area (Å²) in [5.74, 6) is 0. The van der Waals surface area contributed by atoms with Crippen LogP contribution >= 0.6 is 0 Å². The van der Waals surface area contributed by atoms with E-state index in [1.807, 2.05) is 0 Å². The number of aliphatic hydroxyl groups is 1. The summed E-state index contributed by atoms with van der Waals surface area (Å²) in [5.41, 5.74) is 0. The van der Waals surface area contributed by atoms with Gasteiger partial charge in [0.2, 0.25) is 0 Å². The minimum absolute atomic E-state index is 0. The van der Waals surface area contributed by atoms with Gasteiger partial charge in [-0.2, -0.15) is 0 Å². The van der Waals surface area contributed by atoms with Gasteiger partial charge in [-0.25, -0.2) is 8.42 Å². The van der Waals surface area contributed by atoms with Crippen LogP contribution < -0.4 is 29.6 Å². The van der Waals surface area contributed by atoms with Gasteiger partial charge in [0, 0.05) is 5.25 Å². The van der Waals surface area contributed by atoms with Crippen LogP contribution in [0.1, 0.15) is 142 Å². The smallest absolute Gasteiger partial charge is 0.748 e. The molecule has 2 atom stereocenters. The Bertz CT molecular complexity index is 442. The molecule has 0 aliphatic carbocycles. The van der Waals surface area contributed by atoms with Gasteiger partial charge in [0.25, 0.3) is 0 Å². The second kappa shape index (κ2) is 23.0. The van der Waals surface area contributed by atoms with Crippen LogP contribution in [0.2, 0.25) is 0 Å². The topological polar surface area (TPSA) is 77.4 Å². The Hall–Kier alpha value is 0.870. The van der Waals surface area contributed by atoms with E-state index in [0.717, 1.165) is 77.0 Å². The molecule has 0 aromatic rings. The Morgan fingerprint density at radius 3 is 1.33 bits per heavy atom. The maximum absolute atomic E-state index is 11.5. The third-order valence-corrected chi connectivity index (χ3v) is 7.28. The van der Waals surface area contributed by atoms with Crippen molar-refractivity contribution in [3.8, 4) is 0 Å². The maximum Gasteiger partial charge on any atom is 1.00 e. The van der Waals surface area contributed by atoms with Crippen LogP contribution in [0.3, 0.4) is 0 Å². The minimum Gasteiger partial charge on any atom is -0.748 e. The number of unbranched alkanes of at least 4 members (excludes halogenated alkanes) is 13. The molecule has 0 aromatic heterocycles. The van der Waals surface area contributed by atoms with Gasteiger partial charge >= 0.3 is 29.6 Å². The van der Waals surface area contributed by atoms with E-state index in [1.54, 1.807) is 0 Å². The summed E-state index contributed by atoms with van der Waals surface area (Å²) in [5, 5.41) is 9.14. The Morgan fingerprint density at radius 1 is 0.600 bits per heavy atom. The molecule has 0 aromatic carbocycles. The molecule has 0 aliphatic rings. The second-order valence-electron chi connectivity index (χ2n) is 8.87. The zero-order chi connectivity index (χ0) is 21.8. The Morgan fingerprint density at radius 2 is 0.933 bits per heavy atom. The van der Waals surface area contributed by atoms with E-state index in [-0.39, 0.29) is 35.7 Å². The van der Waals surface area contributed by atoms with Gasteiger partial charge in [0.1, 0.15) is 0 Å². The van der Waals surface area contributed by atoms with Crippen LogP contribution in [0.4, 0.5) is 0 Å². The van der Waals surface area contributed by atoms with E-state index in [2.05, 4.69) is 13.8 Å². The third-order valence-electron chi connectivity index (χ3n) is 5.99. The average Bonchev–Trinajstić information content (AvgIpc) is 2.67. The monoisotopic (exact) mass is 456 g/mol. The van der Waals surface area contributed by atoms with E-state index in [1.165, 1.54) is 38.5 Å². The van der Waals surface area contributed by atoms with Gasteiger partial charge in [-0.1, -0.05) is 117 Å². The largest absolute Gasteiger partial charge is 1.00 e. The van der Waals surface area contributed by atoms with Crippen LogP contribution in [0, 0.1) is 0 Å². The van der Waals surface area contributed by atoms with Crippen molar-refractivity contribution in [1.82, 2.24) is 0 Å². The number of rotatable bonds is 22. The minimum atomic E-state index is -4.16. The van der Waals surface area contributed by atoms with Gasteiger partial charge in [-0.15, -0.1) is 0 Å². The molecular formula is C24H49NaO4S. The molecule has 176 valence electrons.